The molecule has 2 rings (SSSR count). The summed E-state index contributed by atoms with van der Waals surface area (Å²) in [6.45, 7) is 10.0. The first kappa shape index (κ1) is 13.0. The average Bonchev–Trinajstić information content (AvgIpc) is 2.66. The normalized spacial score (nSPS) is 22.8. The van der Waals surface area contributed by atoms with E-state index in [0.29, 0.717) is 6.04 Å². The highest BCUT2D eigenvalue weighted by atomic mass is 32.2. The van der Waals surface area contributed by atoms with Gasteiger partial charge in [0, 0.05) is 16.2 Å². The quantitative estimate of drug-likeness (QED) is 0.857. The fourth-order valence-electron chi connectivity index (χ4n) is 2.72. The zero-order chi connectivity index (χ0) is 12.4. The summed E-state index contributed by atoms with van der Waals surface area (Å²) in [7, 11) is 0. The predicted octanol–water partition coefficient (Wildman–Crippen LogP) is 4.23. The van der Waals surface area contributed by atoms with Gasteiger partial charge in [0.1, 0.15) is 0 Å². The first-order valence-corrected chi connectivity index (χ1v) is 7.57. The number of hydrogen-bond acceptors (Lipinski definition) is 2. The molecule has 0 spiro atoms. The van der Waals surface area contributed by atoms with Crippen molar-refractivity contribution in [2.45, 2.75) is 56.7 Å². The van der Waals surface area contributed by atoms with E-state index in [1.54, 1.807) is 5.56 Å². The zero-order valence-corrected chi connectivity index (χ0v) is 12.2. The van der Waals surface area contributed by atoms with Crippen LogP contribution in [0, 0.1) is 13.8 Å². The standard InChI is InChI=1S/C15H23NS/c1-5-7-12-14(16-6-2)13-10(3)8-9-11(4)15(13)17-12/h8-9,12,14,16H,5-7H2,1-4H3. The summed E-state index contributed by atoms with van der Waals surface area (Å²) < 4.78 is 0. The fraction of sp³-hybridized carbons (Fsp3) is 0.600. The molecule has 94 valence electrons. The molecule has 0 aliphatic carbocycles. The second-order valence-corrected chi connectivity index (χ2v) is 6.17. The van der Waals surface area contributed by atoms with Gasteiger partial charge < -0.3 is 5.32 Å². The van der Waals surface area contributed by atoms with E-state index in [1.165, 1.54) is 28.9 Å². The van der Waals surface area contributed by atoms with Crippen molar-refractivity contribution in [3.8, 4) is 0 Å². The van der Waals surface area contributed by atoms with Crippen molar-refractivity contribution in [3.63, 3.8) is 0 Å². The molecule has 2 atom stereocenters. The van der Waals surface area contributed by atoms with Crippen molar-refractivity contribution < 1.29 is 0 Å². The monoisotopic (exact) mass is 249 g/mol. The lowest BCUT2D eigenvalue weighted by atomic mass is 9.95. The van der Waals surface area contributed by atoms with Crippen molar-refractivity contribution in [3.05, 3.63) is 28.8 Å². The third kappa shape index (κ3) is 2.38. The molecule has 0 aromatic heterocycles. The van der Waals surface area contributed by atoms with Gasteiger partial charge >= 0.3 is 0 Å². The van der Waals surface area contributed by atoms with Gasteiger partial charge in [-0.1, -0.05) is 32.4 Å². The lowest BCUT2D eigenvalue weighted by molar-refractivity contribution is 0.511. The highest BCUT2D eigenvalue weighted by Gasteiger charge is 2.34. The highest BCUT2D eigenvalue weighted by molar-refractivity contribution is 8.00. The molecule has 1 aliphatic rings. The van der Waals surface area contributed by atoms with Crippen LogP contribution in [-0.4, -0.2) is 11.8 Å². The molecule has 0 saturated carbocycles. The minimum Gasteiger partial charge on any atom is -0.309 e. The van der Waals surface area contributed by atoms with E-state index < -0.39 is 0 Å². The molecule has 0 amide bonds. The molecule has 0 radical (unpaired) electrons. The van der Waals surface area contributed by atoms with Crippen molar-refractivity contribution in [1.82, 2.24) is 5.32 Å². The van der Waals surface area contributed by atoms with E-state index in [1.807, 2.05) is 0 Å². The van der Waals surface area contributed by atoms with Gasteiger partial charge in [-0.3, -0.25) is 0 Å². The van der Waals surface area contributed by atoms with Crippen molar-refractivity contribution in [2.75, 3.05) is 6.54 Å². The van der Waals surface area contributed by atoms with Gasteiger partial charge in [-0.2, -0.15) is 0 Å². The second kappa shape index (κ2) is 5.45. The Morgan fingerprint density at radius 2 is 1.88 bits per heavy atom. The molecule has 1 aromatic carbocycles. The summed E-state index contributed by atoms with van der Waals surface area (Å²) >= 11 is 2.09. The van der Waals surface area contributed by atoms with Gasteiger partial charge in [0.15, 0.2) is 0 Å². The van der Waals surface area contributed by atoms with Crippen LogP contribution in [0.4, 0.5) is 0 Å². The Kier molecular flexibility index (Phi) is 4.16. The number of nitrogens with one attached hydrogen (secondary N) is 1. The third-order valence-electron chi connectivity index (χ3n) is 3.56. The number of rotatable bonds is 4. The summed E-state index contributed by atoms with van der Waals surface area (Å²) in [5.41, 5.74) is 4.45. The molecule has 2 heteroatoms. The number of fused-ring (bicyclic) bond motifs is 1. The third-order valence-corrected chi connectivity index (χ3v) is 5.15. The molecule has 1 aliphatic heterocycles. The Bertz CT molecular complexity index is 400. The molecule has 2 unspecified atom stereocenters. The van der Waals surface area contributed by atoms with Crippen LogP contribution in [0.1, 0.15) is 49.4 Å². The van der Waals surface area contributed by atoms with Crippen molar-refractivity contribution in [1.29, 1.82) is 0 Å². The lowest BCUT2D eigenvalue weighted by Gasteiger charge is -2.21. The van der Waals surface area contributed by atoms with Crippen LogP contribution in [0.3, 0.4) is 0 Å². The van der Waals surface area contributed by atoms with Gasteiger partial charge in [-0.05, 0) is 43.5 Å². The maximum atomic E-state index is 3.68. The zero-order valence-electron chi connectivity index (χ0n) is 11.3. The summed E-state index contributed by atoms with van der Waals surface area (Å²) in [5, 5.41) is 4.40. The Labute approximate surface area is 109 Å². The van der Waals surface area contributed by atoms with E-state index in [-0.39, 0.29) is 0 Å². The number of benzene rings is 1. The van der Waals surface area contributed by atoms with Gasteiger partial charge in [0.05, 0.1) is 0 Å². The molecular formula is C15H23NS. The van der Waals surface area contributed by atoms with Gasteiger partial charge in [-0.25, -0.2) is 0 Å². The van der Waals surface area contributed by atoms with E-state index in [4.69, 9.17) is 0 Å². The van der Waals surface area contributed by atoms with Gasteiger partial charge in [0.2, 0.25) is 0 Å². The molecule has 17 heavy (non-hydrogen) atoms. The Balaban J connectivity index is 2.39. The topological polar surface area (TPSA) is 12.0 Å². The molecule has 0 fully saturated rings. The van der Waals surface area contributed by atoms with E-state index in [0.717, 1.165) is 11.8 Å². The van der Waals surface area contributed by atoms with E-state index in [2.05, 4.69) is 56.9 Å². The molecule has 0 saturated heterocycles. The Hall–Kier alpha value is -0.470. The number of aryl methyl sites for hydroxylation is 2. The lowest BCUT2D eigenvalue weighted by Crippen LogP contribution is -2.27. The van der Waals surface area contributed by atoms with Crippen LogP contribution < -0.4 is 5.32 Å². The number of thioether (sulfide) groups is 1. The molecule has 1 N–H and O–H groups in total. The molecule has 1 aromatic rings. The molecular weight excluding hydrogens is 226 g/mol. The van der Waals surface area contributed by atoms with Gasteiger partial charge in [-0.15, -0.1) is 11.8 Å². The minimum absolute atomic E-state index is 0.555. The largest absolute Gasteiger partial charge is 0.309 e. The first-order chi connectivity index (χ1) is 8.19. The molecule has 1 heterocycles. The summed E-state index contributed by atoms with van der Waals surface area (Å²) in [6.07, 6.45) is 2.57. The van der Waals surface area contributed by atoms with Crippen LogP contribution in [0.5, 0.6) is 0 Å². The fourth-order valence-corrected chi connectivity index (χ4v) is 4.41. The maximum Gasteiger partial charge on any atom is 0.0457 e. The predicted molar refractivity (Wildman–Crippen MR) is 76.9 cm³/mol. The second-order valence-electron chi connectivity index (χ2n) is 4.92. The van der Waals surface area contributed by atoms with Gasteiger partial charge in [0.25, 0.3) is 0 Å². The summed E-state index contributed by atoms with van der Waals surface area (Å²) in [4.78, 5) is 1.54. The van der Waals surface area contributed by atoms with E-state index >= 15 is 0 Å². The summed E-state index contributed by atoms with van der Waals surface area (Å²) in [6, 6.07) is 5.09. The van der Waals surface area contributed by atoms with Crippen LogP contribution in [0.2, 0.25) is 0 Å². The highest BCUT2D eigenvalue weighted by Crippen LogP contribution is 2.48. The maximum absolute atomic E-state index is 3.68. The van der Waals surface area contributed by atoms with Crippen LogP contribution >= 0.6 is 11.8 Å². The van der Waals surface area contributed by atoms with Crippen LogP contribution in [0.15, 0.2) is 17.0 Å². The summed E-state index contributed by atoms with van der Waals surface area (Å²) in [5.74, 6) is 0. The van der Waals surface area contributed by atoms with E-state index in [9.17, 15) is 0 Å². The first-order valence-electron chi connectivity index (χ1n) is 6.69. The Morgan fingerprint density at radius 3 is 2.53 bits per heavy atom. The minimum atomic E-state index is 0.555. The average molecular weight is 249 g/mol. The molecule has 0 bridgehead atoms. The van der Waals surface area contributed by atoms with Crippen LogP contribution in [0.25, 0.3) is 0 Å². The van der Waals surface area contributed by atoms with Crippen LogP contribution in [-0.2, 0) is 0 Å². The SMILES string of the molecule is CCCC1Sc2c(C)ccc(C)c2C1NCC. The number of hydrogen-bond donors (Lipinski definition) is 1. The molecule has 1 nitrogen and oxygen atoms in total. The van der Waals surface area contributed by atoms with Crippen molar-refractivity contribution >= 4 is 11.8 Å². The Morgan fingerprint density at radius 1 is 1.18 bits per heavy atom. The smallest absolute Gasteiger partial charge is 0.0457 e. The van der Waals surface area contributed by atoms with Crippen molar-refractivity contribution in [2.24, 2.45) is 0 Å².